The van der Waals surface area contributed by atoms with Crippen LogP contribution in [0.2, 0.25) is 5.02 Å². The summed E-state index contributed by atoms with van der Waals surface area (Å²) in [5, 5.41) is 18.5. The maximum absolute atomic E-state index is 9.04. The summed E-state index contributed by atoms with van der Waals surface area (Å²) in [5.74, 6) is 2.12. The molecule has 0 bridgehead atoms. The first kappa shape index (κ1) is 17.4. The highest BCUT2D eigenvalue weighted by molar-refractivity contribution is 8.00. The molecule has 0 aliphatic heterocycles. The van der Waals surface area contributed by atoms with Crippen molar-refractivity contribution in [1.82, 2.24) is 14.8 Å². The van der Waals surface area contributed by atoms with Crippen LogP contribution in [-0.4, -0.2) is 20.0 Å². The van der Waals surface area contributed by atoms with Crippen LogP contribution < -0.4 is 4.74 Å². The number of ether oxygens (including phenoxy) is 1. The Balaban J connectivity index is 1.79. The molecule has 0 fully saturated rings. The van der Waals surface area contributed by atoms with Gasteiger partial charge in [0.05, 0.1) is 24.1 Å². The lowest BCUT2D eigenvalue weighted by Gasteiger charge is -2.10. The third-order valence-electron chi connectivity index (χ3n) is 3.33. The highest BCUT2D eigenvalue weighted by Crippen LogP contribution is 2.24. The fraction of sp³-hybridized carbons (Fsp3) is 0.235. The number of nitriles is 1. The van der Waals surface area contributed by atoms with Crippen LogP contribution in [-0.2, 0) is 13.2 Å². The van der Waals surface area contributed by atoms with Gasteiger partial charge in [-0.3, -0.25) is 4.57 Å². The van der Waals surface area contributed by atoms with Crippen molar-refractivity contribution >= 4 is 23.4 Å². The molecule has 2 aromatic heterocycles. The van der Waals surface area contributed by atoms with Crippen molar-refractivity contribution < 1.29 is 9.15 Å². The number of thioether (sulfide) groups is 1. The van der Waals surface area contributed by atoms with Gasteiger partial charge in [-0.15, -0.1) is 10.2 Å². The fourth-order valence-electron chi connectivity index (χ4n) is 2.09. The van der Waals surface area contributed by atoms with Gasteiger partial charge in [0.25, 0.3) is 0 Å². The Bertz CT molecular complexity index is 856. The van der Waals surface area contributed by atoms with E-state index < -0.39 is 0 Å². The lowest BCUT2D eigenvalue weighted by Crippen LogP contribution is -2.10. The lowest BCUT2D eigenvalue weighted by atomic mass is 10.3. The zero-order valence-corrected chi connectivity index (χ0v) is 15.0. The summed E-state index contributed by atoms with van der Waals surface area (Å²) in [5.41, 5.74) is 0. The van der Waals surface area contributed by atoms with Gasteiger partial charge >= 0.3 is 0 Å². The van der Waals surface area contributed by atoms with E-state index in [9.17, 15) is 0 Å². The van der Waals surface area contributed by atoms with Crippen LogP contribution in [0.3, 0.4) is 0 Å². The molecule has 2 heterocycles. The molecule has 0 N–H and O–H groups in total. The first-order valence-corrected chi connectivity index (χ1v) is 8.80. The molecule has 0 spiro atoms. The van der Waals surface area contributed by atoms with E-state index in [2.05, 4.69) is 16.3 Å². The normalized spacial score (nSPS) is 11.9. The van der Waals surface area contributed by atoms with Gasteiger partial charge in [-0.1, -0.05) is 23.4 Å². The van der Waals surface area contributed by atoms with Crippen LogP contribution in [0.25, 0.3) is 0 Å². The van der Waals surface area contributed by atoms with Crippen molar-refractivity contribution in [1.29, 1.82) is 5.26 Å². The molecule has 0 saturated heterocycles. The first-order valence-electron chi connectivity index (χ1n) is 7.55. The van der Waals surface area contributed by atoms with Gasteiger partial charge in [0.15, 0.2) is 11.0 Å². The average molecular weight is 375 g/mol. The number of hydrogen-bond acceptors (Lipinski definition) is 6. The van der Waals surface area contributed by atoms with E-state index in [0.29, 0.717) is 28.3 Å². The fourth-order valence-corrected chi connectivity index (χ4v) is 2.97. The maximum atomic E-state index is 9.04. The van der Waals surface area contributed by atoms with Crippen LogP contribution in [0.5, 0.6) is 5.75 Å². The molecule has 25 heavy (non-hydrogen) atoms. The predicted molar refractivity (Wildman–Crippen MR) is 94.5 cm³/mol. The molecule has 0 saturated carbocycles. The van der Waals surface area contributed by atoms with Crippen molar-refractivity contribution in [3.05, 3.63) is 59.3 Å². The topological polar surface area (TPSA) is 76.9 Å². The minimum Gasteiger partial charge on any atom is -0.486 e. The molecule has 3 aromatic rings. The Hall–Kier alpha value is -2.43. The van der Waals surface area contributed by atoms with Crippen molar-refractivity contribution in [2.24, 2.45) is 0 Å². The van der Waals surface area contributed by atoms with Crippen molar-refractivity contribution in [2.45, 2.75) is 30.5 Å². The van der Waals surface area contributed by atoms with Crippen LogP contribution in [0, 0.1) is 11.3 Å². The summed E-state index contributed by atoms with van der Waals surface area (Å²) < 4.78 is 13.1. The third kappa shape index (κ3) is 4.56. The molecule has 0 amide bonds. The zero-order chi connectivity index (χ0) is 17.6. The van der Waals surface area contributed by atoms with Crippen molar-refractivity contribution in [2.75, 3.05) is 0 Å². The Labute approximate surface area is 154 Å². The number of nitrogens with zero attached hydrogens (tertiary/aromatic N) is 4. The van der Waals surface area contributed by atoms with Crippen molar-refractivity contribution in [3.63, 3.8) is 0 Å². The van der Waals surface area contributed by atoms with E-state index >= 15 is 0 Å². The zero-order valence-electron chi connectivity index (χ0n) is 13.4. The van der Waals surface area contributed by atoms with Gasteiger partial charge in [0, 0.05) is 5.02 Å². The summed E-state index contributed by atoms with van der Waals surface area (Å²) in [6.45, 7) is 2.54. The van der Waals surface area contributed by atoms with Gasteiger partial charge in [0.2, 0.25) is 0 Å². The van der Waals surface area contributed by atoms with Gasteiger partial charge < -0.3 is 9.15 Å². The van der Waals surface area contributed by atoms with E-state index in [1.807, 2.05) is 23.6 Å². The van der Waals surface area contributed by atoms with Gasteiger partial charge in [0.1, 0.15) is 18.1 Å². The molecule has 0 radical (unpaired) electrons. The van der Waals surface area contributed by atoms with E-state index in [4.69, 9.17) is 26.0 Å². The monoisotopic (exact) mass is 374 g/mol. The van der Waals surface area contributed by atoms with Crippen LogP contribution in [0.15, 0.2) is 52.2 Å². The Morgan fingerprint density at radius 3 is 2.80 bits per heavy atom. The second-order valence-electron chi connectivity index (χ2n) is 5.20. The maximum Gasteiger partial charge on any atom is 0.193 e. The van der Waals surface area contributed by atoms with Crippen molar-refractivity contribution in [3.8, 4) is 11.8 Å². The molecule has 8 heteroatoms. The second-order valence-corrected chi connectivity index (χ2v) is 6.94. The molecule has 0 aliphatic carbocycles. The molecule has 1 aromatic carbocycles. The third-order valence-corrected chi connectivity index (χ3v) is 4.56. The summed E-state index contributed by atoms with van der Waals surface area (Å²) >= 11 is 7.23. The van der Waals surface area contributed by atoms with Crippen LogP contribution >= 0.6 is 23.4 Å². The lowest BCUT2D eigenvalue weighted by molar-refractivity contribution is 0.287. The smallest absolute Gasteiger partial charge is 0.193 e. The minimum absolute atomic E-state index is 0.232. The second kappa shape index (κ2) is 8.10. The van der Waals surface area contributed by atoms with E-state index in [1.165, 1.54) is 11.8 Å². The number of halogens is 1. The molecule has 6 nitrogen and oxygen atoms in total. The molecule has 1 atom stereocenters. The average Bonchev–Trinajstić information content (AvgIpc) is 3.26. The molecule has 1 unspecified atom stereocenters. The van der Waals surface area contributed by atoms with Gasteiger partial charge in [-0.05, 0) is 43.3 Å². The minimum atomic E-state index is -0.232. The summed E-state index contributed by atoms with van der Waals surface area (Å²) in [6, 6.07) is 13.0. The number of aromatic nitrogens is 3. The van der Waals surface area contributed by atoms with Crippen LogP contribution in [0.4, 0.5) is 0 Å². The Morgan fingerprint density at radius 1 is 1.32 bits per heavy atom. The summed E-state index contributed by atoms with van der Waals surface area (Å²) in [6.07, 6.45) is 1.62. The van der Waals surface area contributed by atoms with Crippen LogP contribution in [0.1, 0.15) is 18.5 Å². The quantitative estimate of drug-likeness (QED) is 0.578. The highest BCUT2D eigenvalue weighted by Gasteiger charge is 2.17. The summed E-state index contributed by atoms with van der Waals surface area (Å²) in [4.78, 5) is 0. The predicted octanol–water partition coefficient (Wildman–Crippen LogP) is 4.16. The summed E-state index contributed by atoms with van der Waals surface area (Å²) in [7, 11) is 0. The Kier molecular flexibility index (Phi) is 5.64. The van der Waals surface area contributed by atoms with Gasteiger partial charge in [-0.25, -0.2) is 0 Å². The van der Waals surface area contributed by atoms with Gasteiger partial charge in [-0.2, -0.15) is 5.26 Å². The number of rotatable bonds is 7. The number of furan rings is 1. The SMILES string of the molecule is CC(C#N)Sc1nnc(COc2ccc(Cl)cc2)n1Cc1ccco1. The largest absolute Gasteiger partial charge is 0.486 e. The number of hydrogen-bond donors (Lipinski definition) is 0. The first-order chi connectivity index (χ1) is 12.2. The number of benzene rings is 1. The van der Waals surface area contributed by atoms with E-state index in [1.54, 1.807) is 30.5 Å². The molecule has 0 aliphatic rings. The van der Waals surface area contributed by atoms with E-state index in [0.717, 1.165) is 5.76 Å². The highest BCUT2D eigenvalue weighted by atomic mass is 35.5. The standard InChI is InChI=1S/C17H15ClN4O2S/c1-12(9-19)25-17-21-20-16(22(17)10-15-3-2-8-23-15)11-24-14-6-4-13(18)5-7-14/h2-8,12H,10-11H2,1H3. The molecule has 3 rings (SSSR count). The molecule has 128 valence electrons. The molecular formula is C17H15ClN4O2S. The molecular weight excluding hydrogens is 360 g/mol. The van der Waals surface area contributed by atoms with E-state index in [-0.39, 0.29) is 11.9 Å². The Morgan fingerprint density at radius 2 is 2.12 bits per heavy atom.